The van der Waals surface area contributed by atoms with Gasteiger partial charge in [0.25, 0.3) is 10.0 Å². The molecule has 10 heteroatoms. The van der Waals surface area contributed by atoms with Gasteiger partial charge < -0.3 is 5.32 Å². The fourth-order valence-corrected chi connectivity index (χ4v) is 4.45. The van der Waals surface area contributed by atoms with Crippen LogP contribution >= 0.6 is 12.4 Å². The molecule has 150 valence electrons. The first-order valence-electron chi connectivity index (χ1n) is 8.60. The van der Waals surface area contributed by atoms with Gasteiger partial charge in [0.2, 0.25) is 5.82 Å². The average molecular weight is 431 g/mol. The number of halogens is 1. The van der Waals surface area contributed by atoms with Crippen LogP contribution in [-0.2, 0) is 16.6 Å². The predicted octanol–water partition coefficient (Wildman–Crippen LogP) is 2.71. The molecule has 8 nitrogen and oxygen atoms in total. The van der Waals surface area contributed by atoms with Crippen LogP contribution in [0.5, 0.6) is 0 Å². The average Bonchev–Trinajstić information content (AvgIpc) is 3.40. The van der Waals surface area contributed by atoms with Crippen molar-refractivity contribution < 1.29 is 8.42 Å². The lowest BCUT2D eigenvalue weighted by Gasteiger charge is -2.11. The van der Waals surface area contributed by atoms with Gasteiger partial charge in [-0.05, 0) is 41.6 Å². The molecule has 0 saturated carbocycles. The maximum Gasteiger partial charge on any atom is 0.268 e. The van der Waals surface area contributed by atoms with Crippen molar-refractivity contribution in [3.63, 3.8) is 0 Å². The summed E-state index contributed by atoms with van der Waals surface area (Å²) < 4.78 is 28.2. The van der Waals surface area contributed by atoms with Gasteiger partial charge in [-0.25, -0.2) is 12.4 Å². The molecule has 0 aliphatic heterocycles. The molecule has 0 aliphatic rings. The summed E-state index contributed by atoms with van der Waals surface area (Å²) in [5.74, 6) is 0.337. The van der Waals surface area contributed by atoms with Crippen LogP contribution in [0, 0.1) is 0 Å². The Hall–Kier alpha value is -3.01. The normalized spacial score (nSPS) is 11.2. The second kappa shape index (κ2) is 8.56. The number of tetrazole rings is 1. The molecule has 0 saturated heterocycles. The SMILES string of the molecule is CNCc1cc(-c2ccccc2)n(S(=O)(=O)c2cccc(-c3nn[nH]n3)c2)c1.Cl. The van der Waals surface area contributed by atoms with E-state index in [1.54, 1.807) is 30.5 Å². The molecule has 0 amide bonds. The van der Waals surface area contributed by atoms with Gasteiger partial charge in [-0.2, -0.15) is 5.21 Å². The van der Waals surface area contributed by atoms with E-state index in [0.717, 1.165) is 11.1 Å². The fourth-order valence-electron chi connectivity index (χ4n) is 3.01. The molecule has 0 aliphatic carbocycles. The topological polar surface area (TPSA) is 106 Å². The lowest BCUT2D eigenvalue weighted by molar-refractivity contribution is 0.588. The lowest BCUT2D eigenvalue weighted by atomic mass is 10.1. The van der Waals surface area contributed by atoms with E-state index in [4.69, 9.17) is 0 Å². The lowest BCUT2D eigenvalue weighted by Crippen LogP contribution is -2.13. The van der Waals surface area contributed by atoms with Crippen molar-refractivity contribution in [1.82, 2.24) is 29.9 Å². The first-order chi connectivity index (χ1) is 13.6. The van der Waals surface area contributed by atoms with Gasteiger partial charge in [-0.3, -0.25) is 0 Å². The van der Waals surface area contributed by atoms with E-state index in [1.807, 2.05) is 43.4 Å². The number of aromatic amines is 1. The highest BCUT2D eigenvalue weighted by molar-refractivity contribution is 7.90. The molecule has 4 rings (SSSR count). The Labute approximate surface area is 174 Å². The highest BCUT2D eigenvalue weighted by Crippen LogP contribution is 2.28. The summed E-state index contributed by atoms with van der Waals surface area (Å²) >= 11 is 0. The molecule has 0 fully saturated rings. The van der Waals surface area contributed by atoms with Crippen molar-refractivity contribution in [3.05, 3.63) is 72.4 Å². The Morgan fingerprint density at radius 2 is 1.79 bits per heavy atom. The Morgan fingerprint density at radius 1 is 1.03 bits per heavy atom. The quantitative estimate of drug-likeness (QED) is 0.487. The Morgan fingerprint density at radius 3 is 2.48 bits per heavy atom. The van der Waals surface area contributed by atoms with Crippen LogP contribution in [0.4, 0.5) is 0 Å². The van der Waals surface area contributed by atoms with E-state index in [1.165, 1.54) is 3.97 Å². The minimum absolute atomic E-state index is 0. The van der Waals surface area contributed by atoms with Crippen LogP contribution in [0.3, 0.4) is 0 Å². The van der Waals surface area contributed by atoms with Gasteiger partial charge in [-0.15, -0.1) is 22.6 Å². The van der Waals surface area contributed by atoms with Crippen molar-refractivity contribution in [2.45, 2.75) is 11.4 Å². The summed E-state index contributed by atoms with van der Waals surface area (Å²) in [6.07, 6.45) is 1.65. The van der Waals surface area contributed by atoms with Crippen molar-refractivity contribution in [1.29, 1.82) is 0 Å². The third-order valence-electron chi connectivity index (χ3n) is 4.29. The van der Waals surface area contributed by atoms with Gasteiger partial charge >= 0.3 is 0 Å². The highest BCUT2D eigenvalue weighted by atomic mass is 35.5. The summed E-state index contributed by atoms with van der Waals surface area (Å²) in [5.41, 5.74) is 2.87. The van der Waals surface area contributed by atoms with Crippen LogP contribution in [0.25, 0.3) is 22.6 Å². The largest absolute Gasteiger partial charge is 0.316 e. The Balaban J connectivity index is 0.00000240. The third-order valence-corrected chi connectivity index (χ3v) is 5.96. The van der Waals surface area contributed by atoms with Gasteiger partial charge in [0.15, 0.2) is 0 Å². The van der Waals surface area contributed by atoms with E-state index < -0.39 is 10.0 Å². The molecule has 2 aromatic carbocycles. The van der Waals surface area contributed by atoms with Gasteiger partial charge in [0.05, 0.1) is 10.6 Å². The van der Waals surface area contributed by atoms with Crippen LogP contribution < -0.4 is 5.32 Å². The number of hydrogen-bond donors (Lipinski definition) is 2. The zero-order valence-corrected chi connectivity index (χ0v) is 17.1. The molecule has 0 radical (unpaired) electrons. The van der Waals surface area contributed by atoms with Gasteiger partial charge in [-0.1, -0.05) is 42.5 Å². The molecule has 0 bridgehead atoms. The van der Waals surface area contributed by atoms with E-state index in [0.29, 0.717) is 23.6 Å². The van der Waals surface area contributed by atoms with E-state index >= 15 is 0 Å². The number of benzene rings is 2. The minimum atomic E-state index is -3.83. The smallest absolute Gasteiger partial charge is 0.268 e. The van der Waals surface area contributed by atoms with Gasteiger partial charge in [0, 0.05) is 18.3 Å². The fraction of sp³-hybridized carbons (Fsp3) is 0.105. The summed E-state index contributed by atoms with van der Waals surface area (Å²) in [4.78, 5) is 0.151. The number of nitrogens with zero attached hydrogens (tertiary/aromatic N) is 4. The van der Waals surface area contributed by atoms with Crippen molar-refractivity contribution >= 4 is 22.4 Å². The standard InChI is InChI=1S/C19H18N6O2S.ClH/c1-20-12-14-10-18(15-6-3-2-4-7-15)25(13-14)28(26,27)17-9-5-8-16(11-17)19-21-23-24-22-19;/h2-11,13,20H,12H2,1H3,(H,21,22,23,24);1H. The number of rotatable bonds is 6. The van der Waals surface area contributed by atoms with Crippen LogP contribution in [-0.4, -0.2) is 40.1 Å². The summed E-state index contributed by atoms with van der Waals surface area (Å²) in [6.45, 7) is 0.561. The first kappa shape index (κ1) is 20.7. The molecular formula is C19H19ClN6O2S. The Bertz CT molecular complexity index is 1190. The second-order valence-corrected chi connectivity index (χ2v) is 8.01. The molecular weight excluding hydrogens is 412 g/mol. The number of hydrogen-bond acceptors (Lipinski definition) is 6. The molecule has 2 heterocycles. The molecule has 2 aromatic heterocycles. The second-order valence-electron chi connectivity index (χ2n) is 6.19. The molecule has 4 aromatic rings. The summed E-state index contributed by atoms with van der Waals surface area (Å²) in [5, 5.41) is 16.8. The number of aromatic nitrogens is 5. The van der Waals surface area contributed by atoms with Gasteiger partial charge in [0.1, 0.15) is 0 Å². The molecule has 0 unspecified atom stereocenters. The third kappa shape index (κ3) is 4.07. The van der Waals surface area contributed by atoms with Crippen LogP contribution in [0.15, 0.2) is 71.8 Å². The maximum absolute atomic E-state index is 13.4. The van der Waals surface area contributed by atoms with Crippen molar-refractivity contribution in [2.75, 3.05) is 7.05 Å². The zero-order valence-electron chi connectivity index (χ0n) is 15.5. The first-order valence-corrected chi connectivity index (χ1v) is 10.0. The molecule has 0 atom stereocenters. The number of H-pyrrole nitrogens is 1. The van der Waals surface area contributed by atoms with E-state index in [9.17, 15) is 8.42 Å². The van der Waals surface area contributed by atoms with E-state index in [-0.39, 0.29) is 17.3 Å². The maximum atomic E-state index is 13.4. The number of nitrogens with one attached hydrogen (secondary N) is 2. The van der Waals surface area contributed by atoms with E-state index in [2.05, 4.69) is 25.9 Å². The van der Waals surface area contributed by atoms with Crippen LogP contribution in [0.2, 0.25) is 0 Å². The monoisotopic (exact) mass is 430 g/mol. The van der Waals surface area contributed by atoms with Crippen molar-refractivity contribution in [2.24, 2.45) is 0 Å². The summed E-state index contributed by atoms with van der Waals surface area (Å²) in [6, 6.07) is 17.8. The Kier molecular flexibility index (Phi) is 6.12. The minimum Gasteiger partial charge on any atom is -0.316 e. The van der Waals surface area contributed by atoms with Crippen LogP contribution in [0.1, 0.15) is 5.56 Å². The summed E-state index contributed by atoms with van der Waals surface area (Å²) in [7, 11) is -2.00. The highest BCUT2D eigenvalue weighted by Gasteiger charge is 2.22. The predicted molar refractivity (Wildman–Crippen MR) is 112 cm³/mol. The zero-order chi connectivity index (χ0) is 19.6. The molecule has 0 spiro atoms. The molecule has 2 N–H and O–H groups in total. The van der Waals surface area contributed by atoms with Crippen molar-refractivity contribution in [3.8, 4) is 22.6 Å². The molecule has 29 heavy (non-hydrogen) atoms.